The summed E-state index contributed by atoms with van der Waals surface area (Å²) in [5, 5.41) is 3.08. The van der Waals surface area contributed by atoms with Gasteiger partial charge in [-0.1, -0.05) is 6.92 Å². The van der Waals surface area contributed by atoms with Crippen molar-refractivity contribution in [3.05, 3.63) is 22.7 Å². The van der Waals surface area contributed by atoms with E-state index < -0.39 is 0 Å². The van der Waals surface area contributed by atoms with Crippen LogP contribution >= 0.6 is 0 Å². The molecule has 0 bridgehead atoms. The molecule has 5 nitrogen and oxygen atoms in total. The van der Waals surface area contributed by atoms with E-state index in [0.29, 0.717) is 6.54 Å². The number of aromatic nitrogens is 2. The van der Waals surface area contributed by atoms with Crippen LogP contribution in [0.25, 0.3) is 0 Å². The molecule has 1 fully saturated rings. The maximum absolute atomic E-state index is 11.8. The average Bonchev–Trinajstić information content (AvgIpc) is 2.17. The SMILES string of the molecule is CCCn1ccnc(OC2CNC2)c1=O. The molecule has 15 heavy (non-hydrogen) atoms. The normalized spacial score (nSPS) is 16.1. The Morgan fingerprint density at radius 3 is 3.07 bits per heavy atom. The predicted molar refractivity (Wildman–Crippen MR) is 56.1 cm³/mol. The lowest BCUT2D eigenvalue weighted by Crippen LogP contribution is -2.51. The molecule has 1 aliphatic heterocycles. The van der Waals surface area contributed by atoms with Gasteiger partial charge in [0, 0.05) is 32.0 Å². The minimum absolute atomic E-state index is 0.0997. The van der Waals surface area contributed by atoms with Crippen molar-refractivity contribution in [1.82, 2.24) is 14.9 Å². The van der Waals surface area contributed by atoms with E-state index in [1.807, 2.05) is 6.92 Å². The summed E-state index contributed by atoms with van der Waals surface area (Å²) in [5.74, 6) is 0.220. The second kappa shape index (κ2) is 4.44. The molecule has 82 valence electrons. The maximum atomic E-state index is 11.8. The fraction of sp³-hybridized carbons (Fsp3) is 0.600. The summed E-state index contributed by atoms with van der Waals surface area (Å²) < 4.78 is 7.09. The highest BCUT2D eigenvalue weighted by molar-refractivity contribution is 5.06. The molecule has 2 rings (SSSR count). The Morgan fingerprint density at radius 2 is 2.47 bits per heavy atom. The number of nitrogens with zero attached hydrogens (tertiary/aromatic N) is 2. The Balaban J connectivity index is 2.15. The molecule has 0 radical (unpaired) electrons. The fourth-order valence-corrected chi connectivity index (χ4v) is 1.43. The third kappa shape index (κ3) is 2.18. The molecule has 1 aromatic rings. The van der Waals surface area contributed by atoms with Gasteiger partial charge in [0.1, 0.15) is 6.10 Å². The van der Waals surface area contributed by atoms with Gasteiger partial charge in [-0.25, -0.2) is 4.98 Å². The van der Waals surface area contributed by atoms with Crippen LogP contribution in [0.15, 0.2) is 17.2 Å². The smallest absolute Gasteiger partial charge is 0.313 e. The van der Waals surface area contributed by atoms with Crippen LogP contribution in [0.4, 0.5) is 0 Å². The van der Waals surface area contributed by atoms with Crippen LogP contribution in [0, 0.1) is 0 Å². The van der Waals surface area contributed by atoms with E-state index in [1.54, 1.807) is 17.0 Å². The van der Waals surface area contributed by atoms with Gasteiger partial charge in [0.05, 0.1) is 0 Å². The molecular weight excluding hydrogens is 194 g/mol. The Kier molecular flexibility index (Phi) is 3.01. The van der Waals surface area contributed by atoms with Crippen LogP contribution in [0.3, 0.4) is 0 Å². The molecule has 1 N–H and O–H groups in total. The van der Waals surface area contributed by atoms with E-state index in [-0.39, 0.29) is 17.5 Å². The molecule has 0 aliphatic carbocycles. The fourth-order valence-electron chi connectivity index (χ4n) is 1.43. The second-order valence-corrected chi connectivity index (χ2v) is 3.63. The zero-order chi connectivity index (χ0) is 10.7. The van der Waals surface area contributed by atoms with Crippen LogP contribution in [-0.2, 0) is 6.54 Å². The first-order valence-corrected chi connectivity index (χ1v) is 5.24. The van der Waals surface area contributed by atoms with Gasteiger partial charge in [-0.3, -0.25) is 4.79 Å². The first kappa shape index (κ1) is 10.2. The Labute approximate surface area is 88.1 Å². The van der Waals surface area contributed by atoms with Gasteiger partial charge in [0.2, 0.25) is 0 Å². The first-order valence-electron chi connectivity index (χ1n) is 5.24. The summed E-state index contributed by atoms with van der Waals surface area (Å²) in [4.78, 5) is 15.7. The van der Waals surface area contributed by atoms with Crippen LogP contribution in [0.1, 0.15) is 13.3 Å². The average molecular weight is 209 g/mol. The van der Waals surface area contributed by atoms with Crippen molar-refractivity contribution in [3.63, 3.8) is 0 Å². The molecule has 0 atom stereocenters. The summed E-state index contributed by atoms with van der Waals surface area (Å²) >= 11 is 0. The topological polar surface area (TPSA) is 56.1 Å². The Bertz CT molecular complexity index is 384. The molecule has 1 aliphatic rings. The van der Waals surface area contributed by atoms with E-state index in [1.165, 1.54) is 0 Å². The summed E-state index contributed by atoms with van der Waals surface area (Å²) in [6.45, 7) is 4.33. The molecule has 1 saturated heterocycles. The lowest BCUT2D eigenvalue weighted by atomic mass is 10.2. The summed E-state index contributed by atoms with van der Waals surface area (Å²) in [6.07, 6.45) is 4.33. The van der Waals surface area contributed by atoms with Crippen LogP contribution in [0.5, 0.6) is 5.88 Å². The number of ether oxygens (including phenoxy) is 1. The lowest BCUT2D eigenvalue weighted by molar-refractivity contribution is 0.133. The van der Waals surface area contributed by atoms with Crippen molar-refractivity contribution in [2.75, 3.05) is 13.1 Å². The van der Waals surface area contributed by atoms with Crippen LogP contribution < -0.4 is 15.6 Å². The van der Waals surface area contributed by atoms with E-state index in [0.717, 1.165) is 19.5 Å². The second-order valence-electron chi connectivity index (χ2n) is 3.63. The standard InChI is InChI=1S/C10H15N3O2/c1-2-4-13-5-3-12-9(10(13)14)15-8-6-11-7-8/h3,5,8,11H,2,4,6-7H2,1H3. The molecular formula is C10H15N3O2. The Hall–Kier alpha value is -1.36. The van der Waals surface area contributed by atoms with Gasteiger partial charge in [-0.15, -0.1) is 0 Å². The number of hydrogen-bond acceptors (Lipinski definition) is 4. The minimum atomic E-state index is -0.133. The van der Waals surface area contributed by atoms with Crippen LogP contribution in [0.2, 0.25) is 0 Å². The zero-order valence-electron chi connectivity index (χ0n) is 8.77. The van der Waals surface area contributed by atoms with E-state index in [9.17, 15) is 4.79 Å². The highest BCUT2D eigenvalue weighted by atomic mass is 16.5. The molecule has 2 heterocycles. The van der Waals surface area contributed by atoms with Gasteiger partial charge >= 0.3 is 5.56 Å². The van der Waals surface area contributed by atoms with E-state index >= 15 is 0 Å². The molecule has 0 saturated carbocycles. The van der Waals surface area contributed by atoms with Crippen molar-refractivity contribution in [1.29, 1.82) is 0 Å². The third-order valence-electron chi connectivity index (χ3n) is 2.37. The first-order chi connectivity index (χ1) is 7.31. The highest BCUT2D eigenvalue weighted by Gasteiger charge is 2.20. The van der Waals surface area contributed by atoms with Gasteiger partial charge in [0.25, 0.3) is 5.88 Å². The zero-order valence-corrected chi connectivity index (χ0v) is 8.77. The van der Waals surface area contributed by atoms with E-state index in [4.69, 9.17) is 4.74 Å². The van der Waals surface area contributed by atoms with Gasteiger partial charge in [-0.05, 0) is 6.42 Å². The Morgan fingerprint density at radius 1 is 1.67 bits per heavy atom. The van der Waals surface area contributed by atoms with Gasteiger partial charge < -0.3 is 14.6 Å². The lowest BCUT2D eigenvalue weighted by Gasteiger charge is -2.26. The van der Waals surface area contributed by atoms with Crippen molar-refractivity contribution in [2.45, 2.75) is 26.0 Å². The monoisotopic (exact) mass is 209 g/mol. The van der Waals surface area contributed by atoms with Crippen molar-refractivity contribution in [3.8, 4) is 5.88 Å². The highest BCUT2D eigenvalue weighted by Crippen LogP contribution is 2.04. The molecule has 0 amide bonds. The number of nitrogens with one attached hydrogen (secondary N) is 1. The predicted octanol–water partition coefficient (Wildman–Crippen LogP) is 0.00390. The quantitative estimate of drug-likeness (QED) is 0.758. The number of rotatable bonds is 4. The van der Waals surface area contributed by atoms with E-state index in [2.05, 4.69) is 10.3 Å². The number of aryl methyl sites for hydroxylation is 1. The summed E-state index contributed by atoms with van der Waals surface area (Å²) in [7, 11) is 0. The maximum Gasteiger partial charge on any atom is 0.313 e. The largest absolute Gasteiger partial charge is 0.468 e. The summed E-state index contributed by atoms with van der Waals surface area (Å²) in [5.41, 5.74) is -0.133. The van der Waals surface area contributed by atoms with Crippen LogP contribution in [-0.4, -0.2) is 28.7 Å². The van der Waals surface area contributed by atoms with Gasteiger partial charge in [0.15, 0.2) is 0 Å². The van der Waals surface area contributed by atoms with Gasteiger partial charge in [-0.2, -0.15) is 0 Å². The number of hydrogen-bond donors (Lipinski definition) is 1. The van der Waals surface area contributed by atoms with Crippen molar-refractivity contribution >= 4 is 0 Å². The minimum Gasteiger partial charge on any atom is -0.468 e. The molecule has 5 heteroatoms. The molecule has 0 aromatic carbocycles. The van der Waals surface area contributed by atoms with Crippen molar-refractivity contribution < 1.29 is 4.74 Å². The third-order valence-corrected chi connectivity index (χ3v) is 2.37. The summed E-state index contributed by atoms with van der Waals surface area (Å²) in [6, 6.07) is 0. The molecule has 0 spiro atoms. The molecule has 1 aromatic heterocycles. The van der Waals surface area contributed by atoms with Crippen molar-refractivity contribution in [2.24, 2.45) is 0 Å². The molecule has 0 unspecified atom stereocenters.